The van der Waals surface area contributed by atoms with Crippen molar-refractivity contribution in [2.45, 2.75) is 33.2 Å². The lowest BCUT2D eigenvalue weighted by Gasteiger charge is -2.08. The predicted molar refractivity (Wildman–Crippen MR) is 76.8 cm³/mol. The van der Waals surface area contributed by atoms with Gasteiger partial charge in [-0.3, -0.25) is 4.68 Å². The van der Waals surface area contributed by atoms with Crippen LogP contribution < -0.4 is 5.32 Å². The molecule has 18 heavy (non-hydrogen) atoms. The zero-order chi connectivity index (χ0) is 13.4. The second kappa shape index (κ2) is 8.27. The van der Waals surface area contributed by atoms with E-state index in [-0.39, 0.29) is 0 Å². The molecule has 0 aromatic carbocycles. The molecule has 1 N–H and O–H groups in total. The summed E-state index contributed by atoms with van der Waals surface area (Å²) in [6.45, 7) is 8.70. The van der Waals surface area contributed by atoms with Crippen LogP contribution in [-0.2, 0) is 13.0 Å². The Balaban J connectivity index is 2.15. The average Bonchev–Trinajstić information content (AvgIpc) is 2.73. The summed E-state index contributed by atoms with van der Waals surface area (Å²) in [6.07, 6.45) is 6.48. The van der Waals surface area contributed by atoms with Crippen LogP contribution in [0.4, 0.5) is 0 Å². The Hall–Kier alpha value is -0.870. The molecule has 4 nitrogen and oxygen atoms in total. The fraction of sp³-hybridized carbons (Fsp3) is 0.786. The first-order valence-corrected chi connectivity index (χ1v) is 6.94. The topological polar surface area (TPSA) is 33.1 Å². The highest BCUT2D eigenvalue weighted by Crippen LogP contribution is 2.01. The highest BCUT2D eigenvalue weighted by atomic mass is 15.3. The summed E-state index contributed by atoms with van der Waals surface area (Å²) in [6, 6.07) is 0. The molecule has 0 atom stereocenters. The summed E-state index contributed by atoms with van der Waals surface area (Å²) in [4.78, 5) is 2.18. The van der Waals surface area contributed by atoms with Gasteiger partial charge in [0.25, 0.3) is 0 Å². The maximum Gasteiger partial charge on any atom is 0.0536 e. The van der Waals surface area contributed by atoms with E-state index >= 15 is 0 Å². The lowest BCUT2D eigenvalue weighted by molar-refractivity contribution is 0.373. The minimum absolute atomic E-state index is 0.735. The molecule has 104 valence electrons. The van der Waals surface area contributed by atoms with Crippen molar-refractivity contribution in [2.24, 2.45) is 5.92 Å². The molecule has 0 aliphatic carbocycles. The lowest BCUT2D eigenvalue weighted by atomic mass is 10.2. The minimum atomic E-state index is 0.735. The van der Waals surface area contributed by atoms with Crippen molar-refractivity contribution in [3.05, 3.63) is 18.0 Å². The molecule has 1 heterocycles. The SMILES string of the molecule is CC(C)CNCCCc1cnn(CCN(C)C)c1. The monoisotopic (exact) mass is 252 g/mol. The van der Waals surface area contributed by atoms with E-state index in [4.69, 9.17) is 0 Å². The van der Waals surface area contributed by atoms with Gasteiger partial charge in [0.1, 0.15) is 0 Å². The molecule has 0 fully saturated rings. The van der Waals surface area contributed by atoms with Gasteiger partial charge in [0.15, 0.2) is 0 Å². The van der Waals surface area contributed by atoms with Crippen LogP contribution in [0.1, 0.15) is 25.8 Å². The van der Waals surface area contributed by atoms with Crippen LogP contribution in [0, 0.1) is 5.92 Å². The maximum atomic E-state index is 4.38. The third-order valence-electron chi connectivity index (χ3n) is 2.83. The molecule has 0 saturated heterocycles. The normalized spacial score (nSPS) is 11.7. The van der Waals surface area contributed by atoms with Crippen molar-refractivity contribution < 1.29 is 0 Å². The first kappa shape index (κ1) is 15.2. The van der Waals surface area contributed by atoms with Crippen molar-refractivity contribution >= 4 is 0 Å². The summed E-state index contributed by atoms with van der Waals surface area (Å²) in [5.74, 6) is 0.735. The van der Waals surface area contributed by atoms with Gasteiger partial charge in [-0.2, -0.15) is 5.10 Å². The molecular formula is C14H28N4. The lowest BCUT2D eigenvalue weighted by Crippen LogP contribution is -2.21. The fourth-order valence-electron chi connectivity index (χ4n) is 1.77. The molecule has 4 heteroatoms. The van der Waals surface area contributed by atoms with E-state index in [9.17, 15) is 0 Å². The van der Waals surface area contributed by atoms with Crippen molar-refractivity contribution in [3.63, 3.8) is 0 Å². The number of hydrogen-bond acceptors (Lipinski definition) is 3. The Bertz CT molecular complexity index is 317. The first-order valence-electron chi connectivity index (χ1n) is 6.94. The van der Waals surface area contributed by atoms with Gasteiger partial charge in [-0.25, -0.2) is 0 Å². The molecule has 0 radical (unpaired) electrons. The van der Waals surface area contributed by atoms with Gasteiger partial charge < -0.3 is 10.2 Å². The molecule has 0 unspecified atom stereocenters. The fourth-order valence-corrected chi connectivity index (χ4v) is 1.77. The summed E-state index contributed by atoms with van der Waals surface area (Å²) in [5, 5.41) is 7.85. The Kier molecular flexibility index (Phi) is 6.98. The molecule has 1 aromatic rings. The molecule has 0 spiro atoms. The number of aromatic nitrogens is 2. The van der Waals surface area contributed by atoms with Gasteiger partial charge in [-0.1, -0.05) is 13.8 Å². The number of nitrogens with zero attached hydrogens (tertiary/aromatic N) is 3. The minimum Gasteiger partial charge on any atom is -0.316 e. The largest absolute Gasteiger partial charge is 0.316 e. The number of likely N-dealkylation sites (N-methyl/N-ethyl adjacent to an activating group) is 1. The zero-order valence-corrected chi connectivity index (χ0v) is 12.3. The summed E-state index contributed by atoms with van der Waals surface area (Å²) in [5.41, 5.74) is 1.35. The molecule has 0 aliphatic rings. The molecule has 0 bridgehead atoms. The van der Waals surface area contributed by atoms with Crippen molar-refractivity contribution in [1.82, 2.24) is 20.0 Å². The van der Waals surface area contributed by atoms with Crippen LogP contribution >= 0.6 is 0 Å². The Labute approximate surface area is 111 Å². The zero-order valence-electron chi connectivity index (χ0n) is 12.3. The van der Waals surface area contributed by atoms with Gasteiger partial charge >= 0.3 is 0 Å². The smallest absolute Gasteiger partial charge is 0.0536 e. The second-order valence-corrected chi connectivity index (χ2v) is 5.62. The van der Waals surface area contributed by atoms with Crippen LogP contribution in [0.2, 0.25) is 0 Å². The van der Waals surface area contributed by atoms with E-state index in [2.05, 4.69) is 49.5 Å². The van der Waals surface area contributed by atoms with Crippen LogP contribution in [0.15, 0.2) is 12.4 Å². The average molecular weight is 252 g/mol. The number of nitrogens with one attached hydrogen (secondary N) is 1. The van der Waals surface area contributed by atoms with Crippen LogP contribution in [0.5, 0.6) is 0 Å². The highest BCUT2D eigenvalue weighted by molar-refractivity contribution is 5.03. The molecule has 0 saturated carbocycles. The molecular weight excluding hydrogens is 224 g/mol. The quantitative estimate of drug-likeness (QED) is 0.678. The third-order valence-corrected chi connectivity index (χ3v) is 2.83. The highest BCUT2D eigenvalue weighted by Gasteiger charge is 2.00. The predicted octanol–water partition coefficient (Wildman–Crippen LogP) is 1.62. The molecule has 1 aromatic heterocycles. The Morgan fingerprint density at radius 3 is 2.83 bits per heavy atom. The standard InChI is InChI=1S/C14H28N4/c1-13(2)10-15-7-5-6-14-11-16-18(12-14)9-8-17(3)4/h11-13,15H,5-10H2,1-4H3. The van der Waals surface area contributed by atoms with Crippen LogP contribution in [0.25, 0.3) is 0 Å². The van der Waals surface area contributed by atoms with Gasteiger partial charge in [0.05, 0.1) is 12.7 Å². The molecule has 0 aliphatic heterocycles. The summed E-state index contributed by atoms with van der Waals surface area (Å²) in [7, 11) is 4.18. The van der Waals surface area contributed by atoms with Gasteiger partial charge in [-0.05, 0) is 51.5 Å². The van der Waals surface area contributed by atoms with E-state index in [0.717, 1.165) is 38.5 Å². The van der Waals surface area contributed by atoms with E-state index in [1.165, 1.54) is 12.0 Å². The summed E-state index contributed by atoms with van der Waals surface area (Å²) >= 11 is 0. The number of aryl methyl sites for hydroxylation is 1. The molecule has 0 amide bonds. The Morgan fingerprint density at radius 1 is 1.39 bits per heavy atom. The van der Waals surface area contributed by atoms with Gasteiger partial charge in [0, 0.05) is 12.7 Å². The van der Waals surface area contributed by atoms with Gasteiger partial charge in [0.2, 0.25) is 0 Å². The second-order valence-electron chi connectivity index (χ2n) is 5.62. The number of rotatable bonds is 9. The van der Waals surface area contributed by atoms with Crippen molar-refractivity contribution in [3.8, 4) is 0 Å². The Morgan fingerprint density at radius 2 is 2.17 bits per heavy atom. The van der Waals surface area contributed by atoms with Crippen molar-refractivity contribution in [1.29, 1.82) is 0 Å². The van der Waals surface area contributed by atoms with E-state index in [0.29, 0.717) is 0 Å². The van der Waals surface area contributed by atoms with Crippen molar-refractivity contribution in [2.75, 3.05) is 33.7 Å². The van der Waals surface area contributed by atoms with Crippen LogP contribution in [0.3, 0.4) is 0 Å². The van der Waals surface area contributed by atoms with Crippen LogP contribution in [-0.4, -0.2) is 48.4 Å². The maximum absolute atomic E-state index is 4.38. The first-order chi connectivity index (χ1) is 8.58. The van der Waals surface area contributed by atoms with E-state index in [1.807, 2.05) is 10.9 Å². The third kappa shape index (κ3) is 6.77. The van der Waals surface area contributed by atoms with Gasteiger partial charge in [-0.15, -0.1) is 0 Å². The van der Waals surface area contributed by atoms with E-state index < -0.39 is 0 Å². The molecule has 1 rings (SSSR count). The van der Waals surface area contributed by atoms with E-state index in [1.54, 1.807) is 0 Å². The number of hydrogen-bond donors (Lipinski definition) is 1. The summed E-state index contributed by atoms with van der Waals surface area (Å²) < 4.78 is 2.04.